The second-order valence-corrected chi connectivity index (χ2v) is 10.2. The van der Waals surface area contributed by atoms with Crippen LogP contribution in [0.3, 0.4) is 0 Å². The Bertz CT molecular complexity index is 1210. The van der Waals surface area contributed by atoms with Crippen molar-refractivity contribution < 1.29 is 57.1 Å². The third-order valence-corrected chi connectivity index (χ3v) is 6.70. The van der Waals surface area contributed by atoms with Gasteiger partial charge in [-0.3, -0.25) is 29.4 Å². The average Bonchev–Trinajstić information content (AvgIpc) is 3.29. The van der Waals surface area contributed by atoms with Crippen LogP contribution in [0, 0.1) is 0 Å². The van der Waals surface area contributed by atoms with E-state index in [0.29, 0.717) is 97.1 Å². The highest BCUT2D eigenvalue weighted by molar-refractivity contribution is 6.25. The molecule has 254 valence electrons. The Morgan fingerprint density at radius 1 is 0.804 bits per heavy atom. The summed E-state index contributed by atoms with van der Waals surface area (Å²) in [4.78, 5) is 61.9. The van der Waals surface area contributed by atoms with E-state index in [0.717, 1.165) is 4.90 Å². The first-order valence-electron chi connectivity index (χ1n) is 15.2. The smallest absolute Gasteiger partial charge is 0.333 e. The van der Waals surface area contributed by atoms with Crippen LogP contribution in [-0.2, 0) is 47.5 Å². The number of nitrogens with one attached hydrogen (secondary N) is 2. The molecule has 1 atom stereocenters. The number of anilines is 1. The molecule has 1 aromatic rings. The molecule has 46 heavy (non-hydrogen) atoms. The average molecular weight is 650 g/mol. The van der Waals surface area contributed by atoms with Gasteiger partial charge in [0.05, 0.1) is 90.4 Å². The van der Waals surface area contributed by atoms with Gasteiger partial charge in [0.15, 0.2) is 0 Å². The van der Waals surface area contributed by atoms with E-state index in [4.69, 9.17) is 33.2 Å². The molecule has 1 fully saturated rings. The van der Waals surface area contributed by atoms with Gasteiger partial charge in [-0.25, -0.2) is 4.79 Å². The molecule has 2 N–H and O–H groups in total. The van der Waals surface area contributed by atoms with Gasteiger partial charge in [0.2, 0.25) is 11.8 Å². The molecule has 2 heterocycles. The Labute approximate surface area is 267 Å². The Kier molecular flexibility index (Phi) is 16.3. The van der Waals surface area contributed by atoms with E-state index in [1.165, 1.54) is 0 Å². The number of carbonyl (C=O) groups is 5. The lowest BCUT2D eigenvalue weighted by Gasteiger charge is -2.27. The van der Waals surface area contributed by atoms with E-state index in [9.17, 15) is 24.0 Å². The number of piperidine rings is 1. The molecular weight excluding hydrogens is 606 g/mol. The summed E-state index contributed by atoms with van der Waals surface area (Å²) in [7, 11) is 0. The summed E-state index contributed by atoms with van der Waals surface area (Å²) in [5, 5.41) is 5.31. The molecule has 0 saturated carbocycles. The summed E-state index contributed by atoms with van der Waals surface area (Å²) in [5.41, 5.74) is 1.25. The van der Waals surface area contributed by atoms with Crippen LogP contribution in [0.5, 0.6) is 0 Å². The van der Waals surface area contributed by atoms with Crippen molar-refractivity contribution >= 4 is 35.3 Å². The standard InChI is InChI=1S/C31H43N3O12/c1-22(2)31(39)46-21-20-45-19-18-44-17-16-43-15-14-42-13-12-41-11-10-40-9-8-32-24-5-3-4-23-27(24)30(38)34(29(23)37)25-6-7-26(35)33-28(25)36/h3-5,25,32H,1,6-21H2,2H3,(H,33,35,36). The van der Waals surface area contributed by atoms with Crippen LogP contribution >= 0.6 is 0 Å². The molecule has 0 aliphatic carbocycles. The van der Waals surface area contributed by atoms with Crippen LogP contribution in [0.2, 0.25) is 0 Å². The van der Waals surface area contributed by atoms with Gasteiger partial charge in [0.25, 0.3) is 11.8 Å². The second-order valence-electron chi connectivity index (χ2n) is 10.2. The normalized spacial score (nSPS) is 16.0. The van der Waals surface area contributed by atoms with E-state index >= 15 is 0 Å². The fourth-order valence-corrected chi connectivity index (χ4v) is 4.44. The Hall–Kier alpha value is -3.73. The predicted octanol–water partition coefficient (Wildman–Crippen LogP) is 0.719. The first kappa shape index (κ1) is 36.7. The molecule has 0 aromatic heterocycles. The Morgan fingerprint density at radius 3 is 1.85 bits per heavy atom. The quantitative estimate of drug-likeness (QED) is 0.0694. The van der Waals surface area contributed by atoms with Crippen molar-refractivity contribution in [3.8, 4) is 0 Å². The SMILES string of the molecule is C=C(C)C(=O)OCCOCCOCCOCCOCCOCCOCCNc1cccc2c1C(=O)N(C1CCC(=O)NC1=O)C2=O. The lowest BCUT2D eigenvalue weighted by atomic mass is 10.0. The zero-order valence-corrected chi connectivity index (χ0v) is 26.2. The minimum absolute atomic E-state index is 0.0642. The zero-order valence-electron chi connectivity index (χ0n) is 26.2. The van der Waals surface area contributed by atoms with Gasteiger partial charge in [-0.2, -0.15) is 0 Å². The van der Waals surface area contributed by atoms with Crippen LogP contribution in [0.4, 0.5) is 5.69 Å². The van der Waals surface area contributed by atoms with Crippen molar-refractivity contribution in [2.24, 2.45) is 0 Å². The molecule has 0 bridgehead atoms. The van der Waals surface area contributed by atoms with E-state index in [1.807, 2.05) is 0 Å². The number of ether oxygens (including phenoxy) is 7. The molecule has 15 heteroatoms. The van der Waals surface area contributed by atoms with Crippen LogP contribution in [0.15, 0.2) is 30.4 Å². The van der Waals surface area contributed by atoms with E-state index in [1.54, 1.807) is 25.1 Å². The number of rotatable bonds is 24. The molecule has 15 nitrogen and oxygen atoms in total. The van der Waals surface area contributed by atoms with E-state index in [-0.39, 0.29) is 30.6 Å². The number of benzene rings is 1. The fraction of sp³-hybridized carbons (Fsp3) is 0.581. The van der Waals surface area contributed by atoms with Gasteiger partial charge < -0.3 is 38.5 Å². The first-order chi connectivity index (χ1) is 22.3. The summed E-state index contributed by atoms with van der Waals surface area (Å²) in [6, 6.07) is 3.89. The van der Waals surface area contributed by atoms with E-state index < -0.39 is 35.6 Å². The maximum atomic E-state index is 13.1. The van der Waals surface area contributed by atoms with Gasteiger partial charge in [0.1, 0.15) is 12.6 Å². The molecule has 0 radical (unpaired) electrons. The number of hydrogen-bond donors (Lipinski definition) is 2. The van der Waals surface area contributed by atoms with Crippen molar-refractivity contribution in [2.75, 3.05) is 97.8 Å². The molecule has 0 spiro atoms. The number of nitrogens with zero attached hydrogens (tertiary/aromatic N) is 1. The molecule has 4 amide bonds. The number of hydrogen-bond acceptors (Lipinski definition) is 13. The van der Waals surface area contributed by atoms with Crippen molar-refractivity contribution in [3.05, 3.63) is 41.5 Å². The predicted molar refractivity (Wildman–Crippen MR) is 162 cm³/mol. The van der Waals surface area contributed by atoms with Gasteiger partial charge in [-0.15, -0.1) is 0 Å². The number of esters is 1. The van der Waals surface area contributed by atoms with Crippen molar-refractivity contribution in [1.29, 1.82) is 0 Å². The van der Waals surface area contributed by atoms with Crippen LogP contribution in [0.1, 0.15) is 40.5 Å². The van der Waals surface area contributed by atoms with Crippen LogP contribution in [-0.4, -0.2) is 133 Å². The minimum atomic E-state index is -1.01. The monoisotopic (exact) mass is 649 g/mol. The number of fused-ring (bicyclic) bond motifs is 1. The van der Waals surface area contributed by atoms with Crippen molar-refractivity contribution in [3.63, 3.8) is 0 Å². The lowest BCUT2D eigenvalue weighted by Crippen LogP contribution is -2.54. The minimum Gasteiger partial charge on any atom is -0.460 e. The summed E-state index contributed by atoms with van der Waals surface area (Å²) in [6.45, 7) is 10.4. The highest BCUT2D eigenvalue weighted by Gasteiger charge is 2.45. The fourth-order valence-electron chi connectivity index (χ4n) is 4.44. The summed E-state index contributed by atoms with van der Waals surface area (Å²) in [6.07, 6.45) is 0.166. The lowest BCUT2D eigenvalue weighted by molar-refractivity contribution is -0.140. The van der Waals surface area contributed by atoms with Crippen molar-refractivity contribution in [1.82, 2.24) is 10.2 Å². The first-order valence-corrected chi connectivity index (χ1v) is 15.2. The van der Waals surface area contributed by atoms with Crippen LogP contribution < -0.4 is 10.6 Å². The Balaban J connectivity index is 1.12. The van der Waals surface area contributed by atoms with Gasteiger partial charge in [0, 0.05) is 24.2 Å². The topological polar surface area (TPSA) is 177 Å². The van der Waals surface area contributed by atoms with Crippen molar-refractivity contribution in [2.45, 2.75) is 25.8 Å². The summed E-state index contributed by atoms with van der Waals surface area (Å²) < 4.78 is 37.5. The summed E-state index contributed by atoms with van der Waals surface area (Å²) >= 11 is 0. The molecular formula is C31H43N3O12. The highest BCUT2D eigenvalue weighted by atomic mass is 16.6. The molecule has 1 saturated heterocycles. The molecule has 2 aliphatic rings. The van der Waals surface area contributed by atoms with Gasteiger partial charge in [-0.1, -0.05) is 12.6 Å². The van der Waals surface area contributed by atoms with E-state index in [2.05, 4.69) is 17.2 Å². The molecule has 1 aromatic carbocycles. The number of amides is 4. The largest absolute Gasteiger partial charge is 0.460 e. The van der Waals surface area contributed by atoms with Crippen LogP contribution in [0.25, 0.3) is 0 Å². The molecule has 1 unspecified atom stereocenters. The van der Waals surface area contributed by atoms with Gasteiger partial charge in [-0.05, 0) is 25.5 Å². The summed E-state index contributed by atoms with van der Waals surface area (Å²) in [5.74, 6) is -2.61. The Morgan fingerprint density at radius 2 is 1.33 bits per heavy atom. The molecule has 2 aliphatic heterocycles. The van der Waals surface area contributed by atoms with Gasteiger partial charge >= 0.3 is 5.97 Å². The second kappa shape index (κ2) is 20.4. The third kappa shape index (κ3) is 11.9. The third-order valence-electron chi connectivity index (χ3n) is 6.70. The zero-order chi connectivity index (χ0) is 33.1. The maximum Gasteiger partial charge on any atom is 0.333 e. The highest BCUT2D eigenvalue weighted by Crippen LogP contribution is 2.32. The number of imide groups is 2. The number of carbonyl (C=O) groups excluding carboxylic acids is 5. The maximum absolute atomic E-state index is 13.1. The molecule has 3 rings (SSSR count).